The maximum Gasteiger partial charge on any atom is 0.231 e. The van der Waals surface area contributed by atoms with Crippen molar-refractivity contribution in [2.45, 2.75) is 12.6 Å². The van der Waals surface area contributed by atoms with Gasteiger partial charge in [0.2, 0.25) is 6.79 Å². The van der Waals surface area contributed by atoms with E-state index < -0.39 is 0 Å². The maximum atomic E-state index is 9.75. The zero-order chi connectivity index (χ0) is 13.9. The Bertz CT molecular complexity index is 480. The van der Waals surface area contributed by atoms with E-state index >= 15 is 0 Å². The molecule has 2 heterocycles. The average Bonchev–Trinajstić information content (AvgIpc) is 3.06. The van der Waals surface area contributed by atoms with Gasteiger partial charge in [0.1, 0.15) is 5.75 Å². The van der Waals surface area contributed by atoms with Crippen molar-refractivity contribution in [2.75, 3.05) is 33.5 Å². The Balaban J connectivity index is 1.62. The van der Waals surface area contributed by atoms with E-state index in [1.807, 2.05) is 12.1 Å². The van der Waals surface area contributed by atoms with Crippen LogP contribution < -0.4 is 24.8 Å². The summed E-state index contributed by atoms with van der Waals surface area (Å²) >= 11 is 0. The number of aliphatic hydroxyl groups excluding tert-OH is 1. The highest BCUT2D eigenvalue weighted by atomic mass is 16.7. The first-order valence-electron chi connectivity index (χ1n) is 6.84. The number of β-amino-alcohol motifs (C(OH)–C–C–N with tert-alkyl or cyclic N) is 1. The molecule has 1 aromatic rings. The van der Waals surface area contributed by atoms with Gasteiger partial charge in [0.05, 0.1) is 13.2 Å². The van der Waals surface area contributed by atoms with E-state index in [0.29, 0.717) is 13.1 Å². The van der Waals surface area contributed by atoms with Gasteiger partial charge in [-0.15, -0.1) is 0 Å². The van der Waals surface area contributed by atoms with E-state index in [9.17, 15) is 5.11 Å². The van der Waals surface area contributed by atoms with Crippen LogP contribution >= 0.6 is 0 Å². The van der Waals surface area contributed by atoms with Gasteiger partial charge in [0, 0.05) is 43.7 Å². The van der Waals surface area contributed by atoms with Crippen molar-refractivity contribution >= 4 is 0 Å². The van der Waals surface area contributed by atoms with E-state index in [0.717, 1.165) is 35.9 Å². The molecule has 6 heteroatoms. The van der Waals surface area contributed by atoms with Gasteiger partial charge >= 0.3 is 0 Å². The lowest BCUT2D eigenvalue weighted by molar-refractivity contribution is 0.146. The number of fused-ring (bicyclic) bond motifs is 1. The van der Waals surface area contributed by atoms with Gasteiger partial charge in [-0.25, -0.2) is 0 Å². The lowest BCUT2D eigenvalue weighted by Crippen LogP contribution is -2.30. The van der Waals surface area contributed by atoms with Crippen LogP contribution in [0.2, 0.25) is 0 Å². The zero-order valence-electron chi connectivity index (χ0n) is 11.5. The maximum absolute atomic E-state index is 9.75. The summed E-state index contributed by atoms with van der Waals surface area (Å²) in [4.78, 5) is 0. The van der Waals surface area contributed by atoms with Crippen LogP contribution in [-0.4, -0.2) is 44.7 Å². The molecule has 2 atom stereocenters. The van der Waals surface area contributed by atoms with Gasteiger partial charge in [-0.3, -0.25) is 0 Å². The summed E-state index contributed by atoms with van der Waals surface area (Å²) in [7, 11) is 1.64. The number of aliphatic hydroxyl groups is 1. The van der Waals surface area contributed by atoms with Crippen molar-refractivity contribution in [1.29, 1.82) is 0 Å². The van der Waals surface area contributed by atoms with E-state index in [2.05, 4.69) is 10.6 Å². The minimum absolute atomic E-state index is 0.259. The highest BCUT2D eigenvalue weighted by molar-refractivity contribution is 5.51. The monoisotopic (exact) mass is 280 g/mol. The highest BCUT2D eigenvalue weighted by Gasteiger charge is 2.24. The molecule has 2 aliphatic heterocycles. The molecule has 0 saturated carbocycles. The van der Waals surface area contributed by atoms with Gasteiger partial charge in [-0.05, 0) is 6.07 Å². The van der Waals surface area contributed by atoms with Crippen molar-refractivity contribution in [3.63, 3.8) is 0 Å². The summed E-state index contributed by atoms with van der Waals surface area (Å²) in [5, 5.41) is 16.3. The summed E-state index contributed by atoms with van der Waals surface area (Å²) in [5.41, 5.74) is 1.03. The average molecular weight is 280 g/mol. The largest absolute Gasteiger partial charge is 0.496 e. The lowest BCUT2D eigenvalue weighted by Gasteiger charge is -2.15. The molecule has 0 aliphatic carbocycles. The van der Waals surface area contributed by atoms with Crippen LogP contribution in [-0.2, 0) is 6.54 Å². The highest BCUT2D eigenvalue weighted by Crippen LogP contribution is 2.37. The van der Waals surface area contributed by atoms with Crippen molar-refractivity contribution in [1.82, 2.24) is 10.6 Å². The van der Waals surface area contributed by atoms with E-state index in [-0.39, 0.29) is 18.8 Å². The Labute approximate surface area is 118 Å². The third-order valence-electron chi connectivity index (χ3n) is 3.80. The number of ether oxygens (including phenoxy) is 3. The van der Waals surface area contributed by atoms with E-state index in [4.69, 9.17) is 14.2 Å². The Morgan fingerprint density at radius 2 is 2.15 bits per heavy atom. The Morgan fingerprint density at radius 3 is 2.85 bits per heavy atom. The van der Waals surface area contributed by atoms with E-state index in [1.165, 1.54) is 0 Å². The molecule has 6 nitrogen and oxygen atoms in total. The molecule has 1 aromatic carbocycles. The molecule has 2 aliphatic rings. The molecule has 0 aromatic heterocycles. The zero-order valence-corrected chi connectivity index (χ0v) is 11.5. The Hall–Kier alpha value is -1.50. The molecule has 1 fully saturated rings. The number of methoxy groups -OCH3 is 1. The predicted octanol–water partition coefficient (Wildman–Crippen LogP) is 0.0938. The molecule has 0 radical (unpaired) electrons. The number of rotatable bonds is 5. The summed E-state index contributed by atoms with van der Waals surface area (Å²) in [6.45, 7) is 3.23. The number of benzene rings is 1. The number of hydrogen-bond donors (Lipinski definition) is 3. The fraction of sp³-hybridized carbons (Fsp3) is 0.571. The second kappa shape index (κ2) is 5.87. The smallest absolute Gasteiger partial charge is 0.231 e. The van der Waals surface area contributed by atoms with Gasteiger partial charge in [-0.1, -0.05) is 0 Å². The first-order chi connectivity index (χ1) is 9.78. The SMILES string of the molecule is COc1cc2c(cc1CNCC1CNCC1O)OCO2. The molecule has 0 amide bonds. The summed E-state index contributed by atoms with van der Waals surface area (Å²) in [5.74, 6) is 2.52. The van der Waals surface area contributed by atoms with Crippen LogP contribution in [0, 0.1) is 5.92 Å². The first kappa shape index (κ1) is 13.5. The predicted molar refractivity (Wildman–Crippen MR) is 73.2 cm³/mol. The summed E-state index contributed by atoms with van der Waals surface area (Å²) in [6, 6.07) is 3.79. The van der Waals surface area contributed by atoms with Crippen LogP contribution in [0.3, 0.4) is 0 Å². The molecular formula is C14H20N2O4. The van der Waals surface area contributed by atoms with Gasteiger partial charge < -0.3 is 30.0 Å². The molecule has 0 spiro atoms. The minimum Gasteiger partial charge on any atom is -0.496 e. The third kappa shape index (κ3) is 2.67. The Kier molecular flexibility index (Phi) is 3.95. The van der Waals surface area contributed by atoms with Gasteiger partial charge in [0.25, 0.3) is 0 Å². The molecule has 1 saturated heterocycles. The molecule has 3 rings (SSSR count). The van der Waals surface area contributed by atoms with Gasteiger partial charge in [0.15, 0.2) is 11.5 Å². The second-order valence-electron chi connectivity index (χ2n) is 5.13. The first-order valence-corrected chi connectivity index (χ1v) is 6.84. The van der Waals surface area contributed by atoms with Crippen molar-refractivity contribution in [3.05, 3.63) is 17.7 Å². The lowest BCUT2D eigenvalue weighted by atomic mass is 10.1. The van der Waals surface area contributed by atoms with E-state index in [1.54, 1.807) is 7.11 Å². The normalized spacial score (nSPS) is 24.1. The van der Waals surface area contributed by atoms with Crippen LogP contribution in [0.25, 0.3) is 0 Å². The second-order valence-corrected chi connectivity index (χ2v) is 5.13. The quantitative estimate of drug-likeness (QED) is 0.710. The fourth-order valence-electron chi connectivity index (χ4n) is 2.61. The number of hydrogen-bond acceptors (Lipinski definition) is 6. The minimum atomic E-state index is -0.263. The fourth-order valence-corrected chi connectivity index (χ4v) is 2.61. The number of nitrogens with one attached hydrogen (secondary N) is 2. The third-order valence-corrected chi connectivity index (χ3v) is 3.80. The summed E-state index contributed by atoms with van der Waals surface area (Å²) in [6.07, 6.45) is -0.263. The molecule has 110 valence electrons. The van der Waals surface area contributed by atoms with Crippen LogP contribution in [0.5, 0.6) is 17.2 Å². The molecular weight excluding hydrogens is 260 g/mol. The Morgan fingerprint density at radius 1 is 1.35 bits per heavy atom. The molecule has 20 heavy (non-hydrogen) atoms. The van der Waals surface area contributed by atoms with Gasteiger partial charge in [-0.2, -0.15) is 0 Å². The van der Waals surface area contributed by atoms with Crippen LogP contribution in [0.15, 0.2) is 12.1 Å². The van der Waals surface area contributed by atoms with Crippen LogP contribution in [0.1, 0.15) is 5.56 Å². The molecule has 2 unspecified atom stereocenters. The molecule has 3 N–H and O–H groups in total. The van der Waals surface area contributed by atoms with Crippen LogP contribution in [0.4, 0.5) is 0 Å². The summed E-state index contributed by atoms with van der Waals surface area (Å²) < 4.78 is 16.1. The van der Waals surface area contributed by atoms with Crippen molar-refractivity contribution < 1.29 is 19.3 Å². The molecule has 0 bridgehead atoms. The van der Waals surface area contributed by atoms with Crippen molar-refractivity contribution in [3.8, 4) is 17.2 Å². The van der Waals surface area contributed by atoms with Crippen molar-refractivity contribution in [2.24, 2.45) is 5.92 Å². The standard InChI is InChI=1S/C14H20N2O4/c1-18-12-3-14-13(19-8-20-14)2-9(12)4-15-5-10-6-16-7-11(10)17/h2-3,10-11,15-17H,4-8H2,1H3. The topological polar surface area (TPSA) is 72.0 Å².